The summed E-state index contributed by atoms with van der Waals surface area (Å²) in [6, 6.07) is 0.364. The van der Waals surface area contributed by atoms with Crippen LogP contribution in [0.1, 0.15) is 51.4 Å². The zero-order valence-electron chi connectivity index (χ0n) is 10.8. The van der Waals surface area contributed by atoms with Gasteiger partial charge in [-0.1, -0.05) is 13.8 Å². The second kappa shape index (κ2) is 4.11. The Morgan fingerprint density at radius 3 is 2.56 bits per heavy atom. The van der Waals surface area contributed by atoms with Gasteiger partial charge in [0.05, 0.1) is 5.69 Å². The summed E-state index contributed by atoms with van der Waals surface area (Å²) in [6.07, 6.45) is 3.48. The van der Waals surface area contributed by atoms with Crippen molar-refractivity contribution in [3.8, 4) is 0 Å². The van der Waals surface area contributed by atoms with Crippen LogP contribution in [0, 0.1) is 11.8 Å². The molecule has 1 heterocycles. The zero-order chi connectivity index (χ0) is 11.9. The number of nitrogen functional groups attached to an aromatic ring is 1. The molecule has 0 saturated carbocycles. The summed E-state index contributed by atoms with van der Waals surface area (Å²) in [7, 11) is 0. The van der Waals surface area contributed by atoms with Crippen LogP contribution in [0.5, 0.6) is 0 Å². The van der Waals surface area contributed by atoms with Gasteiger partial charge in [0, 0.05) is 11.6 Å². The van der Waals surface area contributed by atoms with Gasteiger partial charge in [0.15, 0.2) is 0 Å². The molecule has 1 unspecified atom stereocenters. The predicted molar refractivity (Wildman–Crippen MR) is 67.4 cm³/mol. The molecule has 0 amide bonds. The van der Waals surface area contributed by atoms with Crippen molar-refractivity contribution < 1.29 is 0 Å². The average Bonchev–Trinajstić information content (AvgIpc) is 2.56. The summed E-state index contributed by atoms with van der Waals surface area (Å²) < 4.78 is 1.98. The fourth-order valence-corrected chi connectivity index (χ4v) is 2.60. The Labute approximate surface area is 98.0 Å². The van der Waals surface area contributed by atoms with E-state index in [9.17, 15) is 0 Å². The molecular weight excluding hydrogens is 198 g/mol. The SMILES string of the molecule is CC(C)C1CCc2nn(C(C)C)c(N)c2C1. The molecule has 16 heavy (non-hydrogen) atoms. The minimum absolute atomic E-state index is 0.364. The monoisotopic (exact) mass is 221 g/mol. The number of anilines is 1. The number of aromatic nitrogens is 2. The van der Waals surface area contributed by atoms with Crippen LogP contribution in [0.4, 0.5) is 5.82 Å². The van der Waals surface area contributed by atoms with Crippen molar-refractivity contribution in [2.24, 2.45) is 11.8 Å². The lowest BCUT2D eigenvalue weighted by Gasteiger charge is -2.24. The molecule has 0 aliphatic heterocycles. The molecule has 0 spiro atoms. The van der Waals surface area contributed by atoms with E-state index in [0.717, 1.165) is 30.5 Å². The molecule has 1 aliphatic rings. The van der Waals surface area contributed by atoms with Crippen molar-refractivity contribution in [3.63, 3.8) is 0 Å². The molecule has 0 fully saturated rings. The van der Waals surface area contributed by atoms with Crippen molar-refractivity contribution in [1.29, 1.82) is 0 Å². The van der Waals surface area contributed by atoms with E-state index in [1.54, 1.807) is 0 Å². The van der Waals surface area contributed by atoms with E-state index < -0.39 is 0 Å². The van der Waals surface area contributed by atoms with Crippen molar-refractivity contribution in [2.75, 3.05) is 5.73 Å². The first-order valence-corrected chi connectivity index (χ1v) is 6.36. The first-order valence-electron chi connectivity index (χ1n) is 6.36. The van der Waals surface area contributed by atoms with Gasteiger partial charge >= 0.3 is 0 Å². The van der Waals surface area contributed by atoms with E-state index in [1.165, 1.54) is 17.7 Å². The molecule has 0 saturated heterocycles. The lowest BCUT2D eigenvalue weighted by molar-refractivity contribution is 0.342. The summed E-state index contributed by atoms with van der Waals surface area (Å²) in [5, 5.41) is 4.64. The molecule has 1 aromatic heterocycles. The third-order valence-corrected chi connectivity index (χ3v) is 3.78. The molecule has 3 nitrogen and oxygen atoms in total. The Kier molecular flexibility index (Phi) is 2.96. The second-order valence-electron chi connectivity index (χ2n) is 5.60. The summed E-state index contributed by atoms with van der Waals surface area (Å²) in [5.74, 6) is 2.42. The highest BCUT2D eigenvalue weighted by Gasteiger charge is 2.26. The Morgan fingerprint density at radius 1 is 1.31 bits per heavy atom. The maximum absolute atomic E-state index is 6.19. The molecule has 1 aliphatic carbocycles. The van der Waals surface area contributed by atoms with Gasteiger partial charge in [0.25, 0.3) is 0 Å². The minimum atomic E-state index is 0.364. The summed E-state index contributed by atoms with van der Waals surface area (Å²) in [4.78, 5) is 0. The quantitative estimate of drug-likeness (QED) is 0.834. The highest BCUT2D eigenvalue weighted by Crippen LogP contribution is 2.33. The number of rotatable bonds is 2. The maximum Gasteiger partial charge on any atom is 0.125 e. The van der Waals surface area contributed by atoms with Gasteiger partial charge in [-0.3, -0.25) is 0 Å². The van der Waals surface area contributed by atoms with Gasteiger partial charge in [0.2, 0.25) is 0 Å². The van der Waals surface area contributed by atoms with Crippen LogP contribution in [0.3, 0.4) is 0 Å². The number of nitrogens with two attached hydrogens (primary N) is 1. The molecule has 0 bridgehead atoms. The molecule has 0 radical (unpaired) electrons. The lowest BCUT2D eigenvalue weighted by atomic mass is 9.80. The summed E-state index contributed by atoms with van der Waals surface area (Å²) >= 11 is 0. The molecule has 1 atom stereocenters. The largest absolute Gasteiger partial charge is 0.384 e. The van der Waals surface area contributed by atoms with Crippen LogP contribution in [-0.4, -0.2) is 9.78 Å². The number of fused-ring (bicyclic) bond motifs is 1. The van der Waals surface area contributed by atoms with E-state index in [2.05, 4.69) is 32.8 Å². The molecule has 0 aromatic carbocycles. The first kappa shape index (κ1) is 11.5. The van der Waals surface area contributed by atoms with Gasteiger partial charge in [-0.25, -0.2) is 4.68 Å². The van der Waals surface area contributed by atoms with Crippen LogP contribution in [0.15, 0.2) is 0 Å². The van der Waals surface area contributed by atoms with Crippen molar-refractivity contribution in [1.82, 2.24) is 9.78 Å². The minimum Gasteiger partial charge on any atom is -0.384 e. The molecule has 2 rings (SSSR count). The van der Waals surface area contributed by atoms with Crippen LogP contribution >= 0.6 is 0 Å². The van der Waals surface area contributed by atoms with Gasteiger partial charge in [-0.15, -0.1) is 0 Å². The van der Waals surface area contributed by atoms with E-state index >= 15 is 0 Å². The molecule has 1 aromatic rings. The molecular formula is C13H23N3. The van der Waals surface area contributed by atoms with Crippen LogP contribution < -0.4 is 5.73 Å². The Bertz CT molecular complexity index is 377. The molecule has 90 valence electrons. The summed E-state index contributed by atoms with van der Waals surface area (Å²) in [5.41, 5.74) is 8.75. The standard InChI is InChI=1S/C13H23N3/c1-8(2)10-5-6-12-11(7-10)13(14)16(15-12)9(3)4/h8-10H,5-7,14H2,1-4H3. The first-order chi connectivity index (χ1) is 7.50. The van der Waals surface area contributed by atoms with Crippen molar-refractivity contribution >= 4 is 5.82 Å². The van der Waals surface area contributed by atoms with Gasteiger partial charge in [-0.05, 0) is 44.9 Å². The van der Waals surface area contributed by atoms with Crippen LogP contribution in [0.25, 0.3) is 0 Å². The third kappa shape index (κ3) is 1.83. The van der Waals surface area contributed by atoms with E-state index in [-0.39, 0.29) is 0 Å². The smallest absolute Gasteiger partial charge is 0.125 e. The second-order valence-corrected chi connectivity index (χ2v) is 5.60. The Hall–Kier alpha value is -0.990. The topological polar surface area (TPSA) is 43.8 Å². The van der Waals surface area contributed by atoms with E-state index in [1.807, 2.05) is 4.68 Å². The Balaban J connectivity index is 2.31. The summed E-state index contributed by atoms with van der Waals surface area (Å²) in [6.45, 7) is 8.88. The van der Waals surface area contributed by atoms with E-state index in [0.29, 0.717) is 6.04 Å². The molecule has 3 heteroatoms. The molecule has 2 N–H and O–H groups in total. The van der Waals surface area contributed by atoms with Crippen LogP contribution in [0.2, 0.25) is 0 Å². The van der Waals surface area contributed by atoms with Gasteiger partial charge in [0.1, 0.15) is 5.82 Å². The van der Waals surface area contributed by atoms with Gasteiger partial charge < -0.3 is 5.73 Å². The maximum atomic E-state index is 6.19. The normalized spacial score (nSPS) is 20.5. The third-order valence-electron chi connectivity index (χ3n) is 3.78. The number of hydrogen-bond acceptors (Lipinski definition) is 2. The van der Waals surface area contributed by atoms with E-state index in [4.69, 9.17) is 5.73 Å². The zero-order valence-corrected chi connectivity index (χ0v) is 10.8. The van der Waals surface area contributed by atoms with Gasteiger partial charge in [-0.2, -0.15) is 5.10 Å². The average molecular weight is 221 g/mol. The number of hydrogen-bond donors (Lipinski definition) is 1. The highest BCUT2D eigenvalue weighted by molar-refractivity contribution is 5.45. The van der Waals surface area contributed by atoms with Crippen LogP contribution in [-0.2, 0) is 12.8 Å². The Morgan fingerprint density at radius 2 is 2.00 bits per heavy atom. The number of nitrogens with zero attached hydrogens (tertiary/aromatic N) is 2. The lowest BCUT2D eigenvalue weighted by Crippen LogP contribution is -2.19. The fraction of sp³-hybridized carbons (Fsp3) is 0.769. The number of aryl methyl sites for hydroxylation is 1. The highest BCUT2D eigenvalue weighted by atomic mass is 15.3. The van der Waals surface area contributed by atoms with Crippen molar-refractivity contribution in [2.45, 2.75) is 53.0 Å². The van der Waals surface area contributed by atoms with Crippen molar-refractivity contribution in [3.05, 3.63) is 11.3 Å². The predicted octanol–water partition coefficient (Wildman–Crippen LogP) is 2.81. The fourth-order valence-electron chi connectivity index (χ4n) is 2.60.